The van der Waals surface area contributed by atoms with Gasteiger partial charge in [0.05, 0.1) is 5.52 Å². The summed E-state index contributed by atoms with van der Waals surface area (Å²) in [6.45, 7) is 0. The molecule has 0 fully saturated rings. The summed E-state index contributed by atoms with van der Waals surface area (Å²) in [4.78, 5) is 3.96. The molecular weight excluding hydrogens is 183 g/mol. The van der Waals surface area contributed by atoms with Gasteiger partial charge in [-0.15, -0.1) is 0 Å². The number of hydrogen-bond acceptors (Lipinski definition) is 3. The van der Waals surface area contributed by atoms with Crippen LogP contribution in [0.15, 0.2) is 18.2 Å². The van der Waals surface area contributed by atoms with Crippen LogP contribution in [-0.4, -0.2) is 23.8 Å². The Morgan fingerprint density at radius 3 is 2.79 bits per heavy atom. The SMILES string of the molecule is CN(C)n1c(N)nc2c(F)cccc21. The second-order valence-corrected chi connectivity index (χ2v) is 3.24. The van der Waals surface area contributed by atoms with Gasteiger partial charge < -0.3 is 10.7 Å². The Labute approximate surface area is 80.7 Å². The van der Waals surface area contributed by atoms with Gasteiger partial charge in [-0.25, -0.2) is 14.1 Å². The Kier molecular flexibility index (Phi) is 1.80. The Hall–Kier alpha value is -1.78. The molecule has 5 heteroatoms. The summed E-state index contributed by atoms with van der Waals surface area (Å²) in [5, 5.41) is 1.75. The molecule has 0 radical (unpaired) electrons. The summed E-state index contributed by atoms with van der Waals surface area (Å²) >= 11 is 0. The van der Waals surface area contributed by atoms with Crippen molar-refractivity contribution in [3.05, 3.63) is 24.0 Å². The molecule has 74 valence electrons. The third kappa shape index (κ3) is 1.09. The van der Waals surface area contributed by atoms with Crippen molar-refractivity contribution in [3.63, 3.8) is 0 Å². The van der Waals surface area contributed by atoms with Gasteiger partial charge in [0, 0.05) is 14.1 Å². The highest BCUT2D eigenvalue weighted by Crippen LogP contribution is 2.19. The monoisotopic (exact) mass is 194 g/mol. The standard InChI is InChI=1S/C9H11FN4/c1-13(2)14-7-5-3-4-6(10)8(7)12-9(14)11/h3-5H,1-2H3,(H2,11,12). The minimum Gasteiger partial charge on any atom is -0.368 e. The summed E-state index contributed by atoms with van der Waals surface area (Å²) in [5.74, 6) is -0.0649. The van der Waals surface area contributed by atoms with E-state index in [-0.39, 0.29) is 11.8 Å². The number of hydrogen-bond donors (Lipinski definition) is 1. The van der Waals surface area contributed by atoms with E-state index in [1.54, 1.807) is 21.8 Å². The number of imidazole rings is 1. The molecule has 1 aromatic carbocycles. The van der Waals surface area contributed by atoms with Crippen molar-refractivity contribution in [3.8, 4) is 0 Å². The van der Waals surface area contributed by atoms with Crippen molar-refractivity contribution in [2.45, 2.75) is 0 Å². The van der Waals surface area contributed by atoms with Crippen LogP contribution in [0.25, 0.3) is 11.0 Å². The normalized spacial score (nSPS) is 10.8. The molecule has 2 rings (SSSR count). The molecule has 0 saturated carbocycles. The molecule has 0 unspecified atom stereocenters. The molecule has 0 aliphatic carbocycles. The second kappa shape index (κ2) is 2.87. The van der Waals surface area contributed by atoms with Gasteiger partial charge in [-0.2, -0.15) is 0 Å². The lowest BCUT2D eigenvalue weighted by Gasteiger charge is -2.15. The van der Waals surface area contributed by atoms with E-state index in [0.29, 0.717) is 11.0 Å². The Bertz CT molecular complexity index is 475. The van der Waals surface area contributed by atoms with Crippen LogP contribution in [0.1, 0.15) is 0 Å². The lowest BCUT2D eigenvalue weighted by molar-refractivity contribution is 0.637. The van der Waals surface area contributed by atoms with Gasteiger partial charge in [-0.05, 0) is 12.1 Å². The van der Waals surface area contributed by atoms with Gasteiger partial charge in [0.2, 0.25) is 5.95 Å². The summed E-state index contributed by atoms with van der Waals surface area (Å²) in [5.41, 5.74) is 6.64. The fourth-order valence-electron chi connectivity index (χ4n) is 1.49. The highest BCUT2D eigenvalue weighted by atomic mass is 19.1. The van der Waals surface area contributed by atoms with E-state index in [2.05, 4.69) is 4.98 Å². The van der Waals surface area contributed by atoms with E-state index in [4.69, 9.17) is 5.73 Å². The number of nitrogens with zero attached hydrogens (tertiary/aromatic N) is 3. The maximum atomic E-state index is 13.3. The van der Waals surface area contributed by atoms with E-state index < -0.39 is 0 Å². The highest BCUT2D eigenvalue weighted by Gasteiger charge is 2.11. The van der Waals surface area contributed by atoms with E-state index >= 15 is 0 Å². The fourth-order valence-corrected chi connectivity index (χ4v) is 1.49. The molecule has 0 bridgehead atoms. The van der Waals surface area contributed by atoms with Crippen LogP contribution in [0.5, 0.6) is 0 Å². The lowest BCUT2D eigenvalue weighted by atomic mass is 10.3. The van der Waals surface area contributed by atoms with Crippen molar-refractivity contribution >= 4 is 17.0 Å². The molecule has 14 heavy (non-hydrogen) atoms. The number of nitrogen functional groups attached to an aromatic ring is 1. The smallest absolute Gasteiger partial charge is 0.220 e. The van der Waals surface area contributed by atoms with Gasteiger partial charge >= 0.3 is 0 Å². The number of nitrogens with two attached hydrogens (primary N) is 1. The molecule has 1 heterocycles. The van der Waals surface area contributed by atoms with Crippen LogP contribution in [0, 0.1) is 5.82 Å². The van der Waals surface area contributed by atoms with Crippen LogP contribution in [0.4, 0.5) is 10.3 Å². The molecule has 0 spiro atoms. The third-order valence-electron chi connectivity index (χ3n) is 2.04. The number of aromatic nitrogens is 2. The molecule has 0 aliphatic rings. The van der Waals surface area contributed by atoms with E-state index in [0.717, 1.165) is 0 Å². The van der Waals surface area contributed by atoms with Crippen LogP contribution in [0.2, 0.25) is 0 Å². The predicted octanol–water partition coefficient (Wildman–Crippen LogP) is 0.955. The zero-order chi connectivity index (χ0) is 10.3. The first-order chi connectivity index (χ1) is 6.61. The van der Waals surface area contributed by atoms with Crippen LogP contribution >= 0.6 is 0 Å². The van der Waals surface area contributed by atoms with Crippen molar-refractivity contribution in [2.24, 2.45) is 0 Å². The first-order valence-corrected chi connectivity index (χ1v) is 4.21. The number of fused-ring (bicyclic) bond motifs is 1. The quantitative estimate of drug-likeness (QED) is 0.735. The van der Waals surface area contributed by atoms with Gasteiger partial charge in [0.1, 0.15) is 5.52 Å². The minimum atomic E-state index is -0.352. The number of para-hydroxylation sites is 1. The Morgan fingerprint density at radius 2 is 2.14 bits per heavy atom. The summed E-state index contributed by atoms with van der Waals surface area (Å²) < 4.78 is 14.9. The van der Waals surface area contributed by atoms with E-state index in [1.165, 1.54) is 6.07 Å². The minimum absolute atomic E-state index is 0.287. The summed E-state index contributed by atoms with van der Waals surface area (Å²) in [6, 6.07) is 4.79. The number of anilines is 1. The molecule has 2 aromatic rings. The molecule has 2 N–H and O–H groups in total. The fraction of sp³-hybridized carbons (Fsp3) is 0.222. The molecule has 0 atom stereocenters. The first kappa shape index (κ1) is 8.80. The van der Waals surface area contributed by atoms with E-state index in [9.17, 15) is 4.39 Å². The summed E-state index contributed by atoms with van der Waals surface area (Å²) in [6.07, 6.45) is 0. The van der Waals surface area contributed by atoms with Gasteiger partial charge in [0.15, 0.2) is 5.82 Å². The van der Waals surface area contributed by atoms with Gasteiger partial charge in [0.25, 0.3) is 0 Å². The number of halogens is 1. The second-order valence-electron chi connectivity index (χ2n) is 3.24. The Morgan fingerprint density at radius 1 is 1.43 bits per heavy atom. The van der Waals surface area contributed by atoms with Gasteiger partial charge in [-0.1, -0.05) is 6.07 Å². The predicted molar refractivity (Wildman–Crippen MR) is 54.2 cm³/mol. The van der Waals surface area contributed by atoms with Crippen LogP contribution in [0.3, 0.4) is 0 Å². The zero-order valence-corrected chi connectivity index (χ0v) is 8.03. The molecule has 1 aromatic heterocycles. The lowest BCUT2D eigenvalue weighted by Crippen LogP contribution is -2.26. The van der Waals surface area contributed by atoms with Crippen molar-refractivity contribution < 1.29 is 4.39 Å². The summed E-state index contributed by atoms with van der Waals surface area (Å²) in [7, 11) is 3.64. The largest absolute Gasteiger partial charge is 0.368 e. The Balaban J connectivity index is 2.83. The van der Waals surface area contributed by atoms with Crippen LogP contribution < -0.4 is 10.7 Å². The maximum Gasteiger partial charge on any atom is 0.220 e. The van der Waals surface area contributed by atoms with Crippen molar-refractivity contribution in [2.75, 3.05) is 24.8 Å². The molecule has 0 amide bonds. The topological polar surface area (TPSA) is 47.1 Å². The average Bonchev–Trinajstić information content (AvgIpc) is 2.42. The van der Waals surface area contributed by atoms with Crippen LogP contribution in [-0.2, 0) is 0 Å². The average molecular weight is 194 g/mol. The third-order valence-corrected chi connectivity index (χ3v) is 2.04. The van der Waals surface area contributed by atoms with Crippen molar-refractivity contribution in [1.82, 2.24) is 9.66 Å². The molecule has 4 nitrogen and oxygen atoms in total. The maximum absolute atomic E-state index is 13.3. The van der Waals surface area contributed by atoms with Gasteiger partial charge in [-0.3, -0.25) is 0 Å². The highest BCUT2D eigenvalue weighted by molar-refractivity contribution is 5.79. The number of benzene rings is 1. The molecule has 0 saturated heterocycles. The number of rotatable bonds is 1. The van der Waals surface area contributed by atoms with E-state index in [1.807, 2.05) is 14.1 Å². The van der Waals surface area contributed by atoms with Crippen molar-refractivity contribution in [1.29, 1.82) is 0 Å². The molecule has 0 aliphatic heterocycles. The zero-order valence-electron chi connectivity index (χ0n) is 8.03. The molecular formula is C9H11FN4. The first-order valence-electron chi connectivity index (χ1n) is 4.21.